The highest BCUT2D eigenvalue weighted by Gasteiger charge is 2.05. The average molecular weight is 180 g/mol. The molecule has 0 saturated carbocycles. The molecule has 1 heterocycles. The van der Waals surface area contributed by atoms with Gasteiger partial charge in [-0.2, -0.15) is 0 Å². The first-order chi connectivity index (χ1) is 6.18. The molecule has 3 N–H and O–H groups in total. The fraction of sp³-hybridized carbons (Fsp3) is 0.143. The Morgan fingerprint density at radius 1 is 1.38 bits per heavy atom. The Labute approximate surface area is 74.2 Å². The number of nitrogens with one attached hydrogen (secondary N) is 1. The van der Waals surface area contributed by atoms with E-state index >= 15 is 0 Å². The van der Waals surface area contributed by atoms with Crippen LogP contribution < -0.4 is 11.1 Å². The molecule has 0 aliphatic heterocycles. The van der Waals surface area contributed by atoms with E-state index in [0.717, 1.165) is 0 Å². The third-order valence-electron chi connectivity index (χ3n) is 1.18. The summed E-state index contributed by atoms with van der Waals surface area (Å²) in [4.78, 5) is 28.6. The summed E-state index contributed by atoms with van der Waals surface area (Å²) in [5.74, 6) is -1.14. The second-order valence-electron chi connectivity index (χ2n) is 2.32. The summed E-state index contributed by atoms with van der Waals surface area (Å²) in [5.41, 5.74) is 5.25. The van der Waals surface area contributed by atoms with Gasteiger partial charge in [0.25, 0.3) is 0 Å². The monoisotopic (exact) mass is 180 g/mol. The summed E-state index contributed by atoms with van der Waals surface area (Å²) < 4.78 is 0. The van der Waals surface area contributed by atoms with Gasteiger partial charge in [-0.3, -0.25) is 9.59 Å². The third kappa shape index (κ3) is 3.28. The number of nitrogens with zero attached hydrogens (tertiary/aromatic N) is 2. The zero-order chi connectivity index (χ0) is 9.68. The average Bonchev–Trinajstić information content (AvgIpc) is 2.04. The molecule has 0 bridgehead atoms. The van der Waals surface area contributed by atoms with Crippen molar-refractivity contribution >= 4 is 17.5 Å². The second kappa shape index (κ2) is 4.15. The fourth-order valence-corrected chi connectivity index (χ4v) is 0.727. The zero-order valence-corrected chi connectivity index (χ0v) is 6.73. The van der Waals surface area contributed by atoms with Gasteiger partial charge in [-0.25, -0.2) is 9.97 Å². The van der Waals surface area contributed by atoms with Crippen molar-refractivity contribution in [1.29, 1.82) is 0 Å². The van der Waals surface area contributed by atoms with Crippen LogP contribution >= 0.6 is 0 Å². The van der Waals surface area contributed by atoms with Crippen LogP contribution in [0.15, 0.2) is 18.7 Å². The molecule has 1 rings (SSSR count). The Kier molecular flexibility index (Phi) is 2.91. The number of carbonyl (C=O) groups excluding carboxylic acids is 2. The SMILES string of the molecule is NC(=O)CC(=O)Nc1cncnc1. The molecule has 6 heteroatoms. The number of anilines is 1. The normalized spacial score (nSPS) is 9.23. The first kappa shape index (κ1) is 9.11. The van der Waals surface area contributed by atoms with E-state index in [1.54, 1.807) is 0 Å². The largest absolute Gasteiger partial charge is 0.369 e. The van der Waals surface area contributed by atoms with E-state index in [0.29, 0.717) is 5.69 Å². The molecule has 0 fully saturated rings. The molecule has 68 valence electrons. The van der Waals surface area contributed by atoms with Crippen LogP contribution in [-0.4, -0.2) is 21.8 Å². The summed E-state index contributed by atoms with van der Waals surface area (Å²) in [5, 5.41) is 2.41. The quantitative estimate of drug-likeness (QED) is 0.600. The number of rotatable bonds is 3. The Morgan fingerprint density at radius 2 is 2.00 bits per heavy atom. The van der Waals surface area contributed by atoms with Crippen LogP contribution in [0.5, 0.6) is 0 Å². The molecule has 0 saturated heterocycles. The van der Waals surface area contributed by atoms with Crippen LogP contribution in [0, 0.1) is 0 Å². The first-order valence-electron chi connectivity index (χ1n) is 3.51. The summed E-state index contributed by atoms with van der Waals surface area (Å²) in [6.45, 7) is 0. The van der Waals surface area contributed by atoms with Gasteiger partial charge in [-0.15, -0.1) is 0 Å². The minimum atomic E-state index is -0.672. The summed E-state index contributed by atoms with van der Waals surface area (Å²) in [6, 6.07) is 0. The predicted molar refractivity (Wildman–Crippen MR) is 44.5 cm³/mol. The van der Waals surface area contributed by atoms with E-state index in [2.05, 4.69) is 15.3 Å². The highest BCUT2D eigenvalue weighted by Crippen LogP contribution is 2.00. The van der Waals surface area contributed by atoms with Crippen molar-refractivity contribution < 1.29 is 9.59 Å². The van der Waals surface area contributed by atoms with Gasteiger partial charge >= 0.3 is 0 Å². The van der Waals surface area contributed by atoms with E-state index in [4.69, 9.17) is 5.73 Å². The van der Waals surface area contributed by atoms with Gasteiger partial charge < -0.3 is 11.1 Å². The molecule has 0 atom stereocenters. The molecule has 0 unspecified atom stereocenters. The molecule has 0 radical (unpaired) electrons. The van der Waals surface area contributed by atoms with Crippen LogP contribution in [0.25, 0.3) is 0 Å². The summed E-state index contributed by atoms with van der Waals surface area (Å²) in [6.07, 6.45) is 3.84. The Morgan fingerprint density at radius 3 is 2.54 bits per heavy atom. The smallest absolute Gasteiger partial charge is 0.233 e. The molecule has 1 aromatic heterocycles. The number of primary amides is 1. The number of hydrogen-bond donors (Lipinski definition) is 2. The minimum Gasteiger partial charge on any atom is -0.369 e. The van der Waals surface area contributed by atoms with Crippen molar-refractivity contribution in [3.05, 3.63) is 18.7 Å². The molecule has 13 heavy (non-hydrogen) atoms. The molecule has 1 aromatic rings. The first-order valence-corrected chi connectivity index (χ1v) is 3.51. The maximum absolute atomic E-state index is 11.0. The Bertz CT molecular complexity index is 312. The molecular formula is C7H8N4O2. The van der Waals surface area contributed by atoms with E-state index in [-0.39, 0.29) is 6.42 Å². The van der Waals surface area contributed by atoms with E-state index in [1.165, 1.54) is 18.7 Å². The number of carbonyl (C=O) groups is 2. The molecule has 0 aliphatic rings. The summed E-state index contributed by atoms with van der Waals surface area (Å²) >= 11 is 0. The zero-order valence-electron chi connectivity index (χ0n) is 6.73. The third-order valence-corrected chi connectivity index (χ3v) is 1.18. The van der Waals surface area contributed by atoms with Gasteiger partial charge in [0.15, 0.2) is 0 Å². The second-order valence-corrected chi connectivity index (χ2v) is 2.32. The van der Waals surface area contributed by atoms with Gasteiger partial charge in [0.1, 0.15) is 12.7 Å². The van der Waals surface area contributed by atoms with Crippen LogP contribution in [0.3, 0.4) is 0 Å². The lowest BCUT2D eigenvalue weighted by Gasteiger charge is -2.00. The molecule has 2 amide bonds. The lowest BCUT2D eigenvalue weighted by molar-refractivity contribution is -0.124. The van der Waals surface area contributed by atoms with Crippen LogP contribution in [0.1, 0.15) is 6.42 Å². The van der Waals surface area contributed by atoms with E-state index < -0.39 is 11.8 Å². The number of hydrogen-bond acceptors (Lipinski definition) is 4. The van der Waals surface area contributed by atoms with Gasteiger partial charge in [0.05, 0.1) is 18.1 Å². The number of nitrogens with two attached hydrogens (primary N) is 1. The molecular weight excluding hydrogens is 172 g/mol. The number of aromatic nitrogens is 2. The van der Waals surface area contributed by atoms with Crippen molar-refractivity contribution in [2.24, 2.45) is 5.73 Å². The topological polar surface area (TPSA) is 98.0 Å². The van der Waals surface area contributed by atoms with Crippen LogP contribution in [0.4, 0.5) is 5.69 Å². The lowest BCUT2D eigenvalue weighted by atomic mass is 10.4. The van der Waals surface area contributed by atoms with Gasteiger partial charge in [-0.1, -0.05) is 0 Å². The van der Waals surface area contributed by atoms with Crippen molar-refractivity contribution in [3.63, 3.8) is 0 Å². The van der Waals surface area contributed by atoms with E-state index in [9.17, 15) is 9.59 Å². The van der Waals surface area contributed by atoms with Gasteiger partial charge in [0.2, 0.25) is 11.8 Å². The Hall–Kier alpha value is -1.98. The van der Waals surface area contributed by atoms with Crippen molar-refractivity contribution in [2.45, 2.75) is 6.42 Å². The minimum absolute atomic E-state index is 0.338. The maximum Gasteiger partial charge on any atom is 0.233 e. The molecule has 6 nitrogen and oxygen atoms in total. The molecule has 0 aliphatic carbocycles. The van der Waals surface area contributed by atoms with Crippen LogP contribution in [-0.2, 0) is 9.59 Å². The highest BCUT2D eigenvalue weighted by molar-refractivity contribution is 6.02. The maximum atomic E-state index is 11.0. The molecule has 0 aromatic carbocycles. The van der Waals surface area contributed by atoms with Gasteiger partial charge in [-0.05, 0) is 0 Å². The Balaban J connectivity index is 2.50. The number of amides is 2. The highest BCUT2D eigenvalue weighted by atomic mass is 16.2. The van der Waals surface area contributed by atoms with Gasteiger partial charge in [0, 0.05) is 0 Å². The van der Waals surface area contributed by atoms with Crippen molar-refractivity contribution in [2.75, 3.05) is 5.32 Å². The van der Waals surface area contributed by atoms with Crippen LogP contribution in [0.2, 0.25) is 0 Å². The molecule has 0 spiro atoms. The van der Waals surface area contributed by atoms with Crippen molar-refractivity contribution in [1.82, 2.24) is 9.97 Å². The fourth-order valence-electron chi connectivity index (χ4n) is 0.727. The lowest BCUT2D eigenvalue weighted by Crippen LogP contribution is -2.21. The predicted octanol–water partition coefficient (Wildman–Crippen LogP) is -0.710. The standard InChI is InChI=1S/C7H8N4O2/c8-6(12)1-7(13)11-5-2-9-4-10-3-5/h2-4H,1H2,(H2,8,12)(H,11,13). The van der Waals surface area contributed by atoms with Crippen molar-refractivity contribution in [3.8, 4) is 0 Å². The summed E-state index contributed by atoms with van der Waals surface area (Å²) in [7, 11) is 0. The van der Waals surface area contributed by atoms with E-state index in [1.807, 2.05) is 0 Å².